The standard InChI is InChI=1S/C36H39F3N2O3.C20H23F3N2O5/c1-23-17-29(31-18-41-33(19-40-31)36(37,38)39)15-16-30(23)26(4)35-34(43-21-28-13-9-6-10-14-28)25(3)24(2)32(44-35)22-42-20-27-11-7-5-8-12-27;1-9-5-11(13-6-25-15(7-24-13)20(21,22)23)3-4-12(9)10(2)19-18(29)17(28)16(27)14(8-26)30-19/h5-19,24-26,32,34-35H,20-22H2,1-4H3;3-7,10,14,16-19,26-29H,8H2,1-2H3/t24-,25-,26?,32?,34?,35+;10-,14?,16-,17+,18?,19-/m01/s1. The lowest BCUT2D eigenvalue weighted by atomic mass is 9.76. The van der Waals surface area contributed by atoms with Crippen LogP contribution in [0.5, 0.6) is 0 Å². The van der Waals surface area contributed by atoms with Crippen molar-refractivity contribution >= 4 is 0 Å². The number of halogens is 6. The summed E-state index contributed by atoms with van der Waals surface area (Å²) in [6.07, 6.45) is -12.1. The molecule has 0 bridgehead atoms. The topological polar surface area (TPSA) is 169 Å². The summed E-state index contributed by atoms with van der Waals surface area (Å²) < 4.78 is 102. The van der Waals surface area contributed by atoms with E-state index in [4.69, 9.17) is 18.9 Å². The highest BCUT2D eigenvalue weighted by atomic mass is 19.4. The first-order valence-electron chi connectivity index (χ1n) is 24.4. The van der Waals surface area contributed by atoms with E-state index in [1.807, 2.05) is 61.5 Å². The van der Waals surface area contributed by atoms with E-state index in [0.717, 1.165) is 45.8 Å². The number of aryl methyl sites for hydroxylation is 2. The van der Waals surface area contributed by atoms with Crippen molar-refractivity contribution < 1.29 is 65.7 Å². The van der Waals surface area contributed by atoms with Gasteiger partial charge in [0.25, 0.3) is 0 Å². The molecule has 2 fully saturated rings. The molecule has 0 radical (unpaired) electrons. The summed E-state index contributed by atoms with van der Waals surface area (Å²) in [5, 5.41) is 39.7. The van der Waals surface area contributed by atoms with Crippen molar-refractivity contribution in [2.24, 2.45) is 11.8 Å². The maximum absolute atomic E-state index is 13.0. The molecule has 18 heteroatoms. The van der Waals surface area contributed by atoms with Crippen LogP contribution in [0, 0.1) is 25.7 Å². The van der Waals surface area contributed by atoms with Crippen molar-refractivity contribution in [3.05, 3.63) is 167 Å². The lowest BCUT2D eigenvalue weighted by Crippen LogP contribution is -2.59. The summed E-state index contributed by atoms with van der Waals surface area (Å²) >= 11 is 0. The average molecular weight is 1030 g/mol. The second-order valence-electron chi connectivity index (χ2n) is 19.2. The highest BCUT2D eigenvalue weighted by Gasteiger charge is 2.47. The summed E-state index contributed by atoms with van der Waals surface area (Å²) in [5.41, 5.74) is 5.67. The molecular weight excluding hydrogens is 971 g/mol. The number of aromatic nitrogens is 4. The minimum absolute atomic E-state index is 0.0323. The quantitative estimate of drug-likeness (QED) is 0.0764. The van der Waals surface area contributed by atoms with Gasteiger partial charge in [0.1, 0.15) is 24.4 Å². The summed E-state index contributed by atoms with van der Waals surface area (Å²) in [6.45, 7) is 13.1. The fraction of sp³-hybridized carbons (Fsp3) is 0.429. The Hall–Kier alpha value is -5.70. The minimum atomic E-state index is -4.56. The Bertz CT molecular complexity index is 2720. The van der Waals surface area contributed by atoms with E-state index in [2.05, 4.69) is 65.0 Å². The lowest BCUT2D eigenvalue weighted by Gasteiger charge is -2.47. The van der Waals surface area contributed by atoms with Crippen molar-refractivity contribution in [2.75, 3.05) is 13.2 Å². The van der Waals surface area contributed by atoms with Crippen LogP contribution in [0.15, 0.2) is 122 Å². The Morgan fingerprint density at radius 2 is 1.04 bits per heavy atom. The number of rotatable bonds is 14. The molecule has 2 saturated heterocycles. The first-order valence-corrected chi connectivity index (χ1v) is 24.4. The molecule has 74 heavy (non-hydrogen) atoms. The second kappa shape index (κ2) is 24.3. The molecule has 8 rings (SSSR count). The van der Waals surface area contributed by atoms with Crippen LogP contribution in [0.3, 0.4) is 0 Å². The number of aliphatic hydroxyl groups is 4. The van der Waals surface area contributed by atoms with Gasteiger partial charge in [-0.2, -0.15) is 26.3 Å². The first kappa shape index (κ1) is 56.0. The van der Waals surface area contributed by atoms with Crippen LogP contribution in [-0.4, -0.2) is 102 Å². The van der Waals surface area contributed by atoms with E-state index >= 15 is 0 Å². The van der Waals surface area contributed by atoms with Gasteiger partial charge in [-0.25, -0.2) is 9.97 Å². The SMILES string of the molecule is Cc1cc(-c2cnc(C(F)(F)F)cn2)ccc1C(C)[C@H]1OC(COCc2ccccc2)[C@@H](C)[C@H](C)C1OCc1ccccc1.Cc1cc(-c2cnc(C(F)(F)F)cn2)ccc1[C@@H](C)[C@H]1OC(CO)[C@@H](O)[C@H](O)C1O. The maximum atomic E-state index is 13.0. The molecule has 4 heterocycles. The van der Waals surface area contributed by atoms with Crippen molar-refractivity contribution in [1.29, 1.82) is 0 Å². The zero-order chi connectivity index (χ0) is 53.5. The molecule has 12 atom stereocenters. The Morgan fingerprint density at radius 1 is 0.568 bits per heavy atom. The van der Waals surface area contributed by atoms with Gasteiger partial charge in [-0.15, -0.1) is 0 Å². The van der Waals surface area contributed by atoms with Crippen LogP contribution in [-0.2, 0) is 44.5 Å². The van der Waals surface area contributed by atoms with Gasteiger partial charge in [0, 0.05) is 23.0 Å². The lowest BCUT2D eigenvalue weighted by molar-refractivity contribution is -0.233. The maximum Gasteiger partial charge on any atom is 0.434 e. The molecule has 12 nitrogen and oxygen atoms in total. The summed E-state index contributed by atoms with van der Waals surface area (Å²) in [4.78, 5) is 14.8. The van der Waals surface area contributed by atoms with Gasteiger partial charge in [-0.1, -0.05) is 113 Å². The summed E-state index contributed by atoms with van der Waals surface area (Å²) in [7, 11) is 0. The van der Waals surface area contributed by atoms with Crippen LogP contribution >= 0.6 is 0 Å². The number of nitrogens with zero attached hydrogens (tertiary/aromatic N) is 4. The van der Waals surface area contributed by atoms with Crippen molar-refractivity contribution in [3.63, 3.8) is 0 Å². The van der Waals surface area contributed by atoms with Crippen molar-refractivity contribution in [1.82, 2.24) is 19.9 Å². The Balaban J connectivity index is 0.000000233. The van der Waals surface area contributed by atoms with Crippen LogP contribution in [0.1, 0.15) is 84.3 Å². The van der Waals surface area contributed by atoms with E-state index in [-0.39, 0.29) is 41.8 Å². The third kappa shape index (κ3) is 13.4. The summed E-state index contributed by atoms with van der Waals surface area (Å²) in [5.74, 6) is -0.0389. The number of benzene rings is 4. The molecular formula is C56H62F6N4O8. The Kier molecular flexibility index (Phi) is 18.4. The van der Waals surface area contributed by atoms with Crippen LogP contribution < -0.4 is 0 Å². The molecule has 2 aliphatic rings. The predicted octanol–water partition coefficient (Wildman–Crippen LogP) is 9.83. The van der Waals surface area contributed by atoms with Gasteiger partial charge in [0.05, 0.1) is 87.0 Å². The van der Waals surface area contributed by atoms with Gasteiger partial charge in [0.15, 0.2) is 11.4 Å². The largest absolute Gasteiger partial charge is 0.434 e. The molecule has 6 aromatic rings. The number of ether oxygens (including phenoxy) is 4. The number of alkyl halides is 6. The normalized spacial score (nSPS) is 25.1. The van der Waals surface area contributed by atoms with E-state index in [1.165, 1.54) is 6.20 Å². The molecule has 0 saturated carbocycles. The second-order valence-corrected chi connectivity index (χ2v) is 19.2. The fourth-order valence-corrected chi connectivity index (χ4v) is 9.65. The van der Waals surface area contributed by atoms with Gasteiger partial charge in [-0.05, 0) is 71.2 Å². The van der Waals surface area contributed by atoms with Crippen LogP contribution in [0.2, 0.25) is 0 Å². The minimum Gasteiger partial charge on any atom is -0.394 e. The molecule has 2 aromatic heterocycles. The van der Waals surface area contributed by atoms with E-state index < -0.39 is 66.8 Å². The van der Waals surface area contributed by atoms with E-state index in [1.54, 1.807) is 32.0 Å². The zero-order valence-corrected chi connectivity index (χ0v) is 41.8. The van der Waals surface area contributed by atoms with E-state index in [0.29, 0.717) is 42.8 Å². The van der Waals surface area contributed by atoms with Crippen LogP contribution in [0.25, 0.3) is 22.5 Å². The Labute approximate surface area is 426 Å². The summed E-state index contributed by atoms with van der Waals surface area (Å²) in [6, 6.07) is 31.2. The molecule has 0 spiro atoms. The van der Waals surface area contributed by atoms with E-state index in [9.17, 15) is 46.8 Å². The number of hydrogen-bond acceptors (Lipinski definition) is 12. The van der Waals surface area contributed by atoms with Gasteiger partial charge in [-0.3, -0.25) is 9.97 Å². The van der Waals surface area contributed by atoms with Gasteiger partial charge in [0.2, 0.25) is 0 Å². The molecule has 4 aromatic carbocycles. The van der Waals surface area contributed by atoms with Crippen molar-refractivity contribution in [3.8, 4) is 22.5 Å². The number of hydrogen-bond donors (Lipinski definition) is 4. The molecule has 396 valence electrons. The van der Waals surface area contributed by atoms with Crippen molar-refractivity contribution in [2.45, 2.75) is 128 Å². The van der Waals surface area contributed by atoms with Gasteiger partial charge >= 0.3 is 12.4 Å². The predicted molar refractivity (Wildman–Crippen MR) is 263 cm³/mol. The fourth-order valence-electron chi connectivity index (χ4n) is 9.65. The molecule has 5 unspecified atom stereocenters. The molecule has 4 N–H and O–H groups in total. The highest BCUT2D eigenvalue weighted by Crippen LogP contribution is 2.41. The monoisotopic (exact) mass is 1030 g/mol. The molecule has 0 amide bonds. The molecule has 0 aliphatic carbocycles. The average Bonchev–Trinajstić information content (AvgIpc) is 3.39. The van der Waals surface area contributed by atoms with Crippen LogP contribution in [0.4, 0.5) is 26.3 Å². The number of aliphatic hydroxyl groups excluding tert-OH is 4. The molecule has 2 aliphatic heterocycles. The Morgan fingerprint density at radius 3 is 1.49 bits per heavy atom. The third-order valence-electron chi connectivity index (χ3n) is 14.2. The highest BCUT2D eigenvalue weighted by molar-refractivity contribution is 5.61. The van der Waals surface area contributed by atoms with Gasteiger partial charge < -0.3 is 39.4 Å². The first-order chi connectivity index (χ1) is 35.2. The smallest absolute Gasteiger partial charge is 0.394 e. The zero-order valence-electron chi connectivity index (χ0n) is 41.8. The third-order valence-corrected chi connectivity index (χ3v) is 14.2.